The molecule has 0 saturated heterocycles. The van der Waals surface area contributed by atoms with Gasteiger partial charge in [0.05, 0.1) is 18.2 Å². The maximum absolute atomic E-state index is 10.5. The lowest BCUT2D eigenvalue weighted by Gasteiger charge is -2.24. The van der Waals surface area contributed by atoms with Crippen LogP contribution in [-0.4, -0.2) is 11.2 Å². The molecule has 1 aliphatic rings. The standard InChI is InChI=1S/C20H24ClNO2/c21-16-10-6-14(7-11-16)19(22)20(23)15-8-12-18(13-9-15)24-17-4-2-1-3-5-17/h6-13,17,19-20,23H,1-5,22H2/t19-,20+/m0/s1. The third kappa shape index (κ3) is 4.29. The summed E-state index contributed by atoms with van der Waals surface area (Å²) >= 11 is 5.89. The Morgan fingerprint density at radius 3 is 2.12 bits per heavy atom. The van der Waals surface area contributed by atoms with Crippen molar-refractivity contribution >= 4 is 11.6 Å². The van der Waals surface area contributed by atoms with Gasteiger partial charge in [0, 0.05) is 5.02 Å². The second-order valence-corrected chi connectivity index (χ2v) is 6.91. The van der Waals surface area contributed by atoms with E-state index in [4.69, 9.17) is 22.1 Å². The molecule has 4 heteroatoms. The number of benzene rings is 2. The van der Waals surface area contributed by atoms with E-state index in [0.717, 1.165) is 29.7 Å². The number of hydrogen-bond acceptors (Lipinski definition) is 3. The lowest BCUT2D eigenvalue weighted by atomic mass is 9.96. The van der Waals surface area contributed by atoms with Crippen LogP contribution in [0, 0.1) is 0 Å². The first-order valence-electron chi connectivity index (χ1n) is 8.59. The number of ether oxygens (including phenoxy) is 1. The van der Waals surface area contributed by atoms with Gasteiger partial charge in [0.25, 0.3) is 0 Å². The van der Waals surface area contributed by atoms with Crippen LogP contribution in [0.4, 0.5) is 0 Å². The summed E-state index contributed by atoms with van der Waals surface area (Å²) in [6.07, 6.45) is 5.63. The molecule has 0 heterocycles. The third-order valence-electron chi connectivity index (χ3n) is 4.67. The second kappa shape index (κ2) is 8.02. The van der Waals surface area contributed by atoms with Crippen LogP contribution in [0.15, 0.2) is 48.5 Å². The van der Waals surface area contributed by atoms with Crippen molar-refractivity contribution in [2.75, 3.05) is 0 Å². The second-order valence-electron chi connectivity index (χ2n) is 6.47. The van der Waals surface area contributed by atoms with Gasteiger partial charge in [0.15, 0.2) is 0 Å². The van der Waals surface area contributed by atoms with Crippen molar-refractivity contribution in [3.63, 3.8) is 0 Å². The van der Waals surface area contributed by atoms with Crippen LogP contribution in [-0.2, 0) is 0 Å². The molecular weight excluding hydrogens is 322 g/mol. The highest BCUT2D eigenvalue weighted by Gasteiger charge is 2.19. The maximum atomic E-state index is 10.5. The van der Waals surface area contributed by atoms with Crippen molar-refractivity contribution < 1.29 is 9.84 Å². The summed E-state index contributed by atoms with van der Waals surface area (Å²) in [6.45, 7) is 0. The van der Waals surface area contributed by atoms with Gasteiger partial charge in [-0.2, -0.15) is 0 Å². The van der Waals surface area contributed by atoms with Crippen LogP contribution in [0.5, 0.6) is 5.75 Å². The van der Waals surface area contributed by atoms with Crippen molar-refractivity contribution in [3.05, 3.63) is 64.7 Å². The van der Waals surface area contributed by atoms with E-state index in [-0.39, 0.29) is 0 Å². The van der Waals surface area contributed by atoms with Crippen molar-refractivity contribution in [1.29, 1.82) is 0 Å². The largest absolute Gasteiger partial charge is 0.490 e. The van der Waals surface area contributed by atoms with Gasteiger partial charge >= 0.3 is 0 Å². The molecule has 0 aliphatic heterocycles. The summed E-state index contributed by atoms with van der Waals surface area (Å²) < 4.78 is 6.02. The van der Waals surface area contributed by atoms with Gasteiger partial charge in [-0.3, -0.25) is 0 Å². The van der Waals surface area contributed by atoms with Crippen LogP contribution < -0.4 is 10.5 Å². The minimum atomic E-state index is -0.769. The zero-order valence-electron chi connectivity index (χ0n) is 13.7. The van der Waals surface area contributed by atoms with Crippen LogP contribution in [0.3, 0.4) is 0 Å². The molecule has 0 aromatic heterocycles. The lowest BCUT2D eigenvalue weighted by molar-refractivity contribution is 0.145. The molecule has 0 spiro atoms. The molecule has 1 aliphatic carbocycles. The highest BCUT2D eigenvalue weighted by atomic mass is 35.5. The number of hydrogen-bond donors (Lipinski definition) is 2. The topological polar surface area (TPSA) is 55.5 Å². The molecule has 3 rings (SSSR count). The molecule has 0 unspecified atom stereocenters. The summed E-state index contributed by atoms with van der Waals surface area (Å²) in [5.41, 5.74) is 7.83. The Bertz CT molecular complexity index is 636. The van der Waals surface area contributed by atoms with Crippen LogP contribution in [0.25, 0.3) is 0 Å². The molecule has 0 radical (unpaired) electrons. The van der Waals surface area contributed by atoms with Crippen molar-refractivity contribution in [2.24, 2.45) is 5.73 Å². The molecule has 24 heavy (non-hydrogen) atoms. The van der Waals surface area contributed by atoms with Crippen LogP contribution in [0.2, 0.25) is 5.02 Å². The zero-order valence-corrected chi connectivity index (χ0v) is 14.5. The minimum absolute atomic E-state index is 0.325. The fourth-order valence-electron chi connectivity index (χ4n) is 3.19. The highest BCUT2D eigenvalue weighted by molar-refractivity contribution is 6.30. The van der Waals surface area contributed by atoms with Gasteiger partial charge in [0.1, 0.15) is 5.75 Å². The summed E-state index contributed by atoms with van der Waals surface area (Å²) in [5, 5.41) is 11.2. The first-order valence-corrected chi connectivity index (χ1v) is 8.97. The van der Waals surface area contributed by atoms with E-state index in [2.05, 4.69) is 0 Å². The molecule has 0 bridgehead atoms. The molecule has 2 atom stereocenters. The summed E-state index contributed by atoms with van der Waals surface area (Å²) in [6, 6.07) is 14.4. The Balaban J connectivity index is 1.64. The van der Waals surface area contributed by atoms with Crippen molar-refractivity contribution in [1.82, 2.24) is 0 Å². The van der Waals surface area contributed by atoms with Gasteiger partial charge in [-0.05, 0) is 61.1 Å². The summed E-state index contributed by atoms with van der Waals surface area (Å²) in [4.78, 5) is 0. The van der Waals surface area contributed by atoms with Crippen LogP contribution in [0.1, 0.15) is 55.4 Å². The maximum Gasteiger partial charge on any atom is 0.119 e. The average molecular weight is 346 g/mol. The minimum Gasteiger partial charge on any atom is -0.490 e. The first-order chi connectivity index (χ1) is 11.6. The molecule has 128 valence electrons. The molecule has 0 amide bonds. The number of aliphatic hydroxyl groups excluding tert-OH is 1. The van der Waals surface area contributed by atoms with E-state index in [9.17, 15) is 5.11 Å². The Labute approximate surface area is 148 Å². The highest BCUT2D eigenvalue weighted by Crippen LogP contribution is 2.29. The van der Waals surface area contributed by atoms with E-state index in [1.165, 1.54) is 19.3 Å². The SMILES string of the molecule is N[C@@H](c1ccc(Cl)cc1)[C@H](O)c1ccc(OC2CCCCC2)cc1. The number of nitrogens with two attached hydrogens (primary N) is 1. The van der Waals surface area contributed by atoms with Crippen molar-refractivity contribution in [2.45, 2.75) is 50.4 Å². The first kappa shape index (κ1) is 17.3. The zero-order chi connectivity index (χ0) is 16.9. The predicted octanol–water partition coefficient (Wildman–Crippen LogP) is 4.78. The van der Waals surface area contributed by atoms with Gasteiger partial charge in [-0.25, -0.2) is 0 Å². The number of aliphatic hydroxyl groups is 1. The molecule has 3 nitrogen and oxygen atoms in total. The summed E-state index contributed by atoms with van der Waals surface area (Å²) in [5.74, 6) is 0.859. The molecule has 2 aromatic rings. The molecule has 2 aromatic carbocycles. The Kier molecular flexibility index (Phi) is 5.77. The summed E-state index contributed by atoms with van der Waals surface area (Å²) in [7, 11) is 0. The predicted molar refractivity (Wildman–Crippen MR) is 97.3 cm³/mol. The molecule has 3 N–H and O–H groups in total. The van der Waals surface area contributed by atoms with Crippen LogP contribution >= 0.6 is 11.6 Å². The molecule has 1 fully saturated rings. The number of rotatable bonds is 5. The molecular formula is C20H24ClNO2. The number of halogens is 1. The lowest BCUT2D eigenvalue weighted by Crippen LogP contribution is -2.20. The van der Waals surface area contributed by atoms with E-state index in [0.29, 0.717) is 11.1 Å². The smallest absolute Gasteiger partial charge is 0.119 e. The quantitative estimate of drug-likeness (QED) is 0.819. The van der Waals surface area contributed by atoms with Gasteiger partial charge in [-0.1, -0.05) is 42.3 Å². The van der Waals surface area contributed by atoms with Gasteiger partial charge < -0.3 is 15.6 Å². The molecule has 1 saturated carbocycles. The van der Waals surface area contributed by atoms with E-state index >= 15 is 0 Å². The van der Waals surface area contributed by atoms with E-state index < -0.39 is 12.1 Å². The third-order valence-corrected chi connectivity index (χ3v) is 4.92. The van der Waals surface area contributed by atoms with Gasteiger partial charge in [0.2, 0.25) is 0 Å². The van der Waals surface area contributed by atoms with Crippen molar-refractivity contribution in [3.8, 4) is 5.75 Å². The van der Waals surface area contributed by atoms with E-state index in [1.54, 1.807) is 12.1 Å². The fourth-order valence-corrected chi connectivity index (χ4v) is 3.32. The normalized spacial score (nSPS) is 18.1. The average Bonchev–Trinajstić information content (AvgIpc) is 2.63. The monoisotopic (exact) mass is 345 g/mol. The van der Waals surface area contributed by atoms with E-state index in [1.807, 2.05) is 36.4 Å². The Hall–Kier alpha value is -1.55. The van der Waals surface area contributed by atoms with Gasteiger partial charge in [-0.15, -0.1) is 0 Å². The Morgan fingerprint density at radius 2 is 1.50 bits per heavy atom. The Morgan fingerprint density at radius 1 is 0.917 bits per heavy atom. The fraction of sp³-hybridized carbons (Fsp3) is 0.400.